The van der Waals surface area contributed by atoms with Crippen molar-refractivity contribution in [2.45, 2.75) is 46.2 Å². The molecule has 2 fully saturated rings. The highest BCUT2D eigenvalue weighted by Gasteiger charge is 2.24. The Morgan fingerprint density at radius 2 is 1.77 bits per heavy atom. The minimum Gasteiger partial charge on any atom is -0.422 e. The largest absolute Gasteiger partial charge is 0.422 e. The molecule has 0 radical (unpaired) electrons. The van der Waals surface area contributed by atoms with Crippen molar-refractivity contribution < 1.29 is 13.4 Å². The Labute approximate surface area is 304 Å². The van der Waals surface area contributed by atoms with Crippen LogP contribution in [0.15, 0.2) is 57.9 Å². The molecular formula is C40H51FN9O2+. The van der Waals surface area contributed by atoms with Gasteiger partial charge in [-0.15, -0.1) is 5.10 Å². The fraction of sp³-hybridized carbons (Fsp3) is 0.450. The summed E-state index contributed by atoms with van der Waals surface area (Å²) in [5.41, 5.74) is 5.57. The summed E-state index contributed by atoms with van der Waals surface area (Å²) >= 11 is 0. The Balaban J connectivity index is 1.16. The van der Waals surface area contributed by atoms with E-state index >= 15 is 4.39 Å². The van der Waals surface area contributed by atoms with Crippen LogP contribution >= 0.6 is 0 Å². The number of benzene rings is 2. The Morgan fingerprint density at radius 1 is 0.981 bits per heavy atom. The molecule has 52 heavy (non-hydrogen) atoms. The molecular weight excluding hydrogens is 657 g/mol. The average Bonchev–Trinajstić information content (AvgIpc) is 3.84. The number of pyridine rings is 1. The molecule has 0 bridgehead atoms. The summed E-state index contributed by atoms with van der Waals surface area (Å²) in [4.78, 5) is 22.5. The minimum absolute atomic E-state index is 0.318. The molecule has 0 spiro atoms. The topological polar surface area (TPSA) is 89.8 Å². The van der Waals surface area contributed by atoms with Crippen molar-refractivity contribution in [3.05, 3.63) is 81.9 Å². The van der Waals surface area contributed by atoms with Crippen molar-refractivity contribution in [1.82, 2.24) is 24.8 Å². The first-order valence-electron chi connectivity index (χ1n) is 18.8. The zero-order valence-electron chi connectivity index (χ0n) is 30.9. The average molecular weight is 709 g/mol. The van der Waals surface area contributed by atoms with Gasteiger partial charge in [0.1, 0.15) is 24.1 Å². The smallest absolute Gasteiger partial charge is 0.343 e. The number of anilines is 3. The zero-order chi connectivity index (χ0) is 36.2. The third-order valence-electron chi connectivity index (χ3n) is 10.7. The van der Waals surface area contributed by atoms with Crippen molar-refractivity contribution in [2.75, 3.05) is 81.1 Å². The molecule has 12 heteroatoms. The van der Waals surface area contributed by atoms with E-state index in [0.717, 1.165) is 97.8 Å². The maximum Gasteiger partial charge on any atom is 0.343 e. The quantitative estimate of drug-likeness (QED) is 0.128. The van der Waals surface area contributed by atoms with Crippen LogP contribution in [0.25, 0.3) is 34.0 Å². The number of fused-ring (bicyclic) bond motifs is 2. The van der Waals surface area contributed by atoms with E-state index in [4.69, 9.17) is 4.42 Å². The molecule has 2 aliphatic heterocycles. The van der Waals surface area contributed by atoms with Crippen LogP contribution in [0.5, 0.6) is 0 Å². The Bertz CT molecular complexity index is 2110. The van der Waals surface area contributed by atoms with E-state index in [0.29, 0.717) is 23.4 Å². The van der Waals surface area contributed by atoms with E-state index in [9.17, 15) is 4.79 Å². The van der Waals surface area contributed by atoms with Gasteiger partial charge in [-0.1, -0.05) is 5.21 Å². The van der Waals surface area contributed by atoms with E-state index in [-0.39, 0.29) is 11.4 Å². The molecule has 7 rings (SSSR count). The van der Waals surface area contributed by atoms with Crippen molar-refractivity contribution in [3.63, 3.8) is 0 Å². The van der Waals surface area contributed by atoms with Crippen LogP contribution in [-0.2, 0) is 20.1 Å². The molecule has 3 aromatic heterocycles. The van der Waals surface area contributed by atoms with Crippen LogP contribution < -0.4 is 25.3 Å². The monoisotopic (exact) mass is 708 g/mol. The highest BCUT2D eigenvalue weighted by atomic mass is 19.1. The number of nitrogens with zero attached hydrogens (tertiary/aromatic N) is 8. The number of likely N-dealkylation sites (N-methyl/N-ethyl adjacent to an activating group) is 1. The molecule has 0 amide bonds. The molecule has 2 saturated heterocycles. The van der Waals surface area contributed by atoms with Gasteiger partial charge in [-0.25, -0.2) is 9.18 Å². The summed E-state index contributed by atoms with van der Waals surface area (Å²) in [5, 5.41) is 13.6. The number of likely N-dealkylation sites (tertiary alicyclic amines) is 1. The lowest BCUT2D eigenvalue weighted by molar-refractivity contribution is -0.646. The minimum atomic E-state index is -0.389. The maximum absolute atomic E-state index is 15.8. The standard InChI is InChI=1S/C40H50FN9O2/c1-5-48(6-2)33-13-10-29-22-30(40(51)52-39(29)24-33)11-12-32-23-38(49-20-18-45(3)19-21-49)34-25-35(41)36(26-37(34)46(32)4)42-27-31-28-50(44-43-31)17-9-16-47-14-7-8-15-47/h10-13,22-26,28H,5-9,14-21,27H2,1-4H3/p+1/b12-11+. The lowest BCUT2D eigenvalue weighted by Gasteiger charge is -2.34. The summed E-state index contributed by atoms with van der Waals surface area (Å²) in [7, 11) is 4.10. The molecule has 0 atom stereocenters. The lowest BCUT2D eigenvalue weighted by atomic mass is 10.1. The number of aromatic nitrogens is 4. The van der Waals surface area contributed by atoms with Gasteiger partial charge in [0.2, 0.25) is 11.2 Å². The second-order valence-corrected chi connectivity index (χ2v) is 14.1. The molecule has 1 N–H and O–H groups in total. The van der Waals surface area contributed by atoms with Crippen molar-refractivity contribution in [3.8, 4) is 0 Å². The maximum atomic E-state index is 15.8. The van der Waals surface area contributed by atoms with Crippen LogP contribution in [-0.4, -0.2) is 90.7 Å². The van der Waals surface area contributed by atoms with Gasteiger partial charge in [-0.05, 0) is 90.1 Å². The summed E-state index contributed by atoms with van der Waals surface area (Å²) in [6.45, 7) is 14.1. The van der Waals surface area contributed by atoms with E-state index in [2.05, 4.69) is 68.3 Å². The van der Waals surface area contributed by atoms with E-state index in [1.165, 1.54) is 25.9 Å². The molecule has 11 nitrogen and oxygen atoms in total. The molecule has 0 aliphatic carbocycles. The van der Waals surface area contributed by atoms with Crippen LogP contribution in [0.2, 0.25) is 0 Å². The van der Waals surface area contributed by atoms with Gasteiger partial charge in [0.05, 0.1) is 35.1 Å². The van der Waals surface area contributed by atoms with E-state index < -0.39 is 0 Å². The predicted molar refractivity (Wildman–Crippen MR) is 207 cm³/mol. The Morgan fingerprint density at radius 3 is 2.54 bits per heavy atom. The van der Waals surface area contributed by atoms with Crippen LogP contribution in [0.1, 0.15) is 50.1 Å². The molecule has 274 valence electrons. The molecule has 0 unspecified atom stereocenters. The number of nitrogens with one attached hydrogen (secondary N) is 1. The predicted octanol–water partition coefficient (Wildman–Crippen LogP) is 5.37. The number of hydrogen-bond donors (Lipinski definition) is 1. The molecule has 2 aromatic carbocycles. The van der Waals surface area contributed by atoms with Gasteiger partial charge in [-0.3, -0.25) is 4.68 Å². The van der Waals surface area contributed by atoms with Gasteiger partial charge < -0.3 is 29.3 Å². The van der Waals surface area contributed by atoms with Gasteiger partial charge in [0.25, 0.3) is 0 Å². The van der Waals surface area contributed by atoms with Crippen LogP contribution in [0, 0.1) is 5.82 Å². The van der Waals surface area contributed by atoms with Gasteiger partial charge >= 0.3 is 5.63 Å². The third-order valence-corrected chi connectivity index (χ3v) is 10.7. The summed E-state index contributed by atoms with van der Waals surface area (Å²) < 4.78 is 25.6. The first-order valence-corrected chi connectivity index (χ1v) is 18.8. The van der Waals surface area contributed by atoms with Crippen LogP contribution in [0.3, 0.4) is 0 Å². The zero-order valence-corrected chi connectivity index (χ0v) is 30.9. The molecule has 0 saturated carbocycles. The fourth-order valence-electron chi connectivity index (χ4n) is 7.47. The number of hydrogen-bond acceptors (Lipinski definition) is 9. The fourth-order valence-corrected chi connectivity index (χ4v) is 7.47. The normalized spacial score (nSPS) is 15.8. The Kier molecular flexibility index (Phi) is 10.8. The second-order valence-electron chi connectivity index (χ2n) is 14.1. The lowest BCUT2D eigenvalue weighted by Crippen LogP contribution is -2.45. The first-order chi connectivity index (χ1) is 25.3. The summed E-state index contributed by atoms with van der Waals surface area (Å²) in [5.74, 6) is -0.318. The Hall–Kier alpha value is -4.81. The summed E-state index contributed by atoms with van der Waals surface area (Å²) in [6.07, 6.45) is 9.32. The SMILES string of the molecule is CCN(CC)c1ccc2cc(/C=C/c3cc(N4CCN(C)CC4)c4cc(F)c(NCc5cn(CCCN6CCCC6)nn5)cc4[n+]3C)c(=O)oc2c1. The van der Waals surface area contributed by atoms with Crippen LogP contribution in [0.4, 0.5) is 21.5 Å². The van der Waals surface area contributed by atoms with E-state index in [1.54, 1.807) is 6.07 Å². The molecule has 2 aliphatic rings. The highest BCUT2D eigenvalue weighted by Crippen LogP contribution is 2.31. The summed E-state index contributed by atoms with van der Waals surface area (Å²) in [6, 6.07) is 13.5. The molecule has 5 heterocycles. The van der Waals surface area contributed by atoms with Crippen molar-refractivity contribution >= 4 is 51.1 Å². The number of rotatable bonds is 13. The van der Waals surface area contributed by atoms with Gasteiger partial charge in [0, 0.05) is 81.2 Å². The van der Waals surface area contributed by atoms with Crippen molar-refractivity contribution in [2.24, 2.45) is 7.05 Å². The number of aryl methyl sites for hydroxylation is 2. The number of halogens is 1. The van der Waals surface area contributed by atoms with Gasteiger partial charge in [-0.2, -0.15) is 4.57 Å². The van der Waals surface area contributed by atoms with Crippen molar-refractivity contribution in [1.29, 1.82) is 0 Å². The number of piperazine rings is 1. The second kappa shape index (κ2) is 15.8. The van der Waals surface area contributed by atoms with E-state index in [1.807, 2.05) is 58.9 Å². The highest BCUT2D eigenvalue weighted by molar-refractivity contribution is 5.93. The third kappa shape index (κ3) is 7.83. The first kappa shape index (κ1) is 35.6. The molecule has 5 aromatic rings. The van der Waals surface area contributed by atoms with Gasteiger partial charge in [0.15, 0.2) is 0 Å².